The predicted molar refractivity (Wildman–Crippen MR) is 73.8 cm³/mol. The molecule has 6 heteroatoms. The van der Waals surface area contributed by atoms with Crippen LogP contribution in [-0.2, 0) is 6.54 Å². The van der Waals surface area contributed by atoms with Crippen LogP contribution in [-0.4, -0.2) is 10.6 Å². The highest BCUT2D eigenvalue weighted by atomic mass is 32.2. The van der Waals surface area contributed by atoms with E-state index in [1.54, 1.807) is 36.4 Å². The number of nitrogens with one attached hydrogen (secondary N) is 1. The number of phenolic OH excluding ortho intramolecular Hbond substituents is 1. The Labute approximate surface area is 118 Å². The zero-order valence-corrected chi connectivity index (χ0v) is 11.1. The Morgan fingerprint density at radius 2 is 1.65 bits per heavy atom. The van der Waals surface area contributed by atoms with E-state index >= 15 is 0 Å². The SMILES string of the molecule is Oc1ccccc1CNc1ccccc1SC(F)(F)F. The molecule has 0 saturated carbocycles. The van der Waals surface area contributed by atoms with Gasteiger partial charge in [-0.25, -0.2) is 0 Å². The molecule has 0 spiro atoms. The van der Waals surface area contributed by atoms with Crippen LogP contribution < -0.4 is 5.32 Å². The number of thioether (sulfide) groups is 1. The molecule has 0 heterocycles. The van der Waals surface area contributed by atoms with E-state index in [1.807, 2.05) is 0 Å². The number of benzene rings is 2. The first-order valence-electron chi connectivity index (χ1n) is 5.81. The Morgan fingerprint density at radius 1 is 1.00 bits per heavy atom. The third-order valence-electron chi connectivity index (χ3n) is 2.57. The molecule has 0 atom stereocenters. The number of hydrogen-bond acceptors (Lipinski definition) is 3. The second-order valence-electron chi connectivity index (χ2n) is 4.03. The number of halogens is 3. The molecule has 0 aliphatic rings. The summed E-state index contributed by atoms with van der Waals surface area (Å²) in [5, 5.41) is 12.5. The average molecular weight is 299 g/mol. The van der Waals surface area contributed by atoms with Gasteiger partial charge in [0.05, 0.1) is 0 Å². The molecule has 0 aromatic heterocycles. The molecule has 0 amide bonds. The van der Waals surface area contributed by atoms with Gasteiger partial charge in [-0.05, 0) is 30.0 Å². The highest BCUT2D eigenvalue weighted by molar-refractivity contribution is 8.00. The minimum absolute atomic E-state index is 0.107. The molecule has 20 heavy (non-hydrogen) atoms. The molecule has 106 valence electrons. The maximum absolute atomic E-state index is 12.4. The highest BCUT2D eigenvalue weighted by Crippen LogP contribution is 2.40. The van der Waals surface area contributed by atoms with Crippen molar-refractivity contribution in [3.63, 3.8) is 0 Å². The standard InChI is InChI=1S/C14H12F3NOS/c15-14(16,17)20-13-8-4-2-6-11(13)18-9-10-5-1-3-7-12(10)19/h1-8,18-19H,9H2. The number of aromatic hydroxyl groups is 1. The summed E-state index contributed by atoms with van der Waals surface area (Å²) in [7, 11) is 0. The summed E-state index contributed by atoms with van der Waals surface area (Å²) >= 11 is -0.158. The van der Waals surface area contributed by atoms with Crippen molar-refractivity contribution >= 4 is 17.4 Å². The summed E-state index contributed by atoms with van der Waals surface area (Å²) in [6.07, 6.45) is 0. The van der Waals surface area contributed by atoms with E-state index in [-0.39, 0.29) is 29.0 Å². The third-order valence-corrected chi connectivity index (χ3v) is 3.38. The molecule has 0 saturated heterocycles. The van der Waals surface area contributed by atoms with Gasteiger partial charge in [0.25, 0.3) is 0 Å². The lowest BCUT2D eigenvalue weighted by Crippen LogP contribution is -2.04. The molecule has 0 aliphatic carbocycles. The van der Waals surface area contributed by atoms with Gasteiger partial charge >= 0.3 is 5.51 Å². The molecule has 0 bridgehead atoms. The van der Waals surface area contributed by atoms with E-state index < -0.39 is 5.51 Å². The fourth-order valence-electron chi connectivity index (χ4n) is 1.68. The van der Waals surface area contributed by atoms with Gasteiger partial charge in [0.2, 0.25) is 0 Å². The summed E-state index contributed by atoms with van der Waals surface area (Å²) in [6, 6.07) is 12.9. The second kappa shape index (κ2) is 6.09. The monoisotopic (exact) mass is 299 g/mol. The Kier molecular flexibility index (Phi) is 4.44. The minimum Gasteiger partial charge on any atom is -0.508 e. The Morgan fingerprint density at radius 3 is 2.35 bits per heavy atom. The van der Waals surface area contributed by atoms with Crippen molar-refractivity contribution in [3.8, 4) is 5.75 Å². The quantitative estimate of drug-likeness (QED) is 0.808. The maximum Gasteiger partial charge on any atom is 0.446 e. The van der Waals surface area contributed by atoms with Crippen LogP contribution in [0.5, 0.6) is 5.75 Å². The van der Waals surface area contributed by atoms with Gasteiger partial charge in [0.1, 0.15) is 5.75 Å². The van der Waals surface area contributed by atoms with Crippen LogP contribution in [0.15, 0.2) is 53.4 Å². The van der Waals surface area contributed by atoms with E-state index in [0.29, 0.717) is 11.3 Å². The van der Waals surface area contributed by atoms with Crippen LogP contribution in [0.2, 0.25) is 0 Å². The summed E-state index contributed by atoms with van der Waals surface area (Å²) in [6.45, 7) is 0.252. The first kappa shape index (κ1) is 14.6. The lowest BCUT2D eigenvalue weighted by atomic mass is 10.2. The number of phenols is 1. The molecule has 2 rings (SSSR count). The fraction of sp³-hybridized carbons (Fsp3) is 0.143. The molecule has 2 nitrogen and oxygen atoms in total. The van der Waals surface area contributed by atoms with E-state index in [4.69, 9.17) is 0 Å². The van der Waals surface area contributed by atoms with E-state index in [1.165, 1.54) is 12.1 Å². The zero-order valence-electron chi connectivity index (χ0n) is 10.3. The minimum atomic E-state index is -4.33. The fourth-order valence-corrected chi connectivity index (χ4v) is 2.32. The van der Waals surface area contributed by atoms with E-state index in [2.05, 4.69) is 5.32 Å². The van der Waals surface area contributed by atoms with Crippen LogP contribution >= 0.6 is 11.8 Å². The van der Waals surface area contributed by atoms with Crippen LogP contribution in [0.3, 0.4) is 0 Å². The molecule has 2 aromatic carbocycles. The average Bonchev–Trinajstić information content (AvgIpc) is 2.37. The summed E-state index contributed by atoms with van der Waals surface area (Å²) < 4.78 is 37.3. The first-order valence-corrected chi connectivity index (χ1v) is 6.63. The van der Waals surface area contributed by atoms with Gasteiger partial charge in [-0.3, -0.25) is 0 Å². The van der Waals surface area contributed by atoms with Crippen molar-refractivity contribution in [2.45, 2.75) is 16.9 Å². The van der Waals surface area contributed by atoms with Gasteiger partial charge in [0.15, 0.2) is 0 Å². The lowest BCUT2D eigenvalue weighted by Gasteiger charge is -2.13. The maximum atomic E-state index is 12.4. The highest BCUT2D eigenvalue weighted by Gasteiger charge is 2.30. The molecule has 0 aliphatic heterocycles. The van der Waals surface area contributed by atoms with Gasteiger partial charge in [-0.1, -0.05) is 30.3 Å². The van der Waals surface area contributed by atoms with Crippen molar-refractivity contribution < 1.29 is 18.3 Å². The normalized spacial score (nSPS) is 11.3. The van der Waals surface area contributed by atoms with E-state index in [9.17, 15) is 18.3 Å². The predicted octanol–water partition coefficient (Wildman–Crippen LogP) is 4.62. The van der Waals surface area contributed by atoms with Crippen LogP contribution in [0.1, 0.15) is 5.56 Å². The second-order valence-corrected chi connectivity index (χ2v) is 5.13. The number of hydrogen-bond donors (Lipinski definition) is 2. The molecule has 0 fully saturated rings. The van der Waals surface area contributed by atoms with Crippen molar-refractivity contribution in [2.24, 2.45) is 0 Å². The molecule has 2 aromatic rings. The summed E-state index contributed by atoms with van der Waals surface area (Å²) in [5.41, 5.74) is -3.32. The molecule has 0 radical (unpaired) electrons. The van der Waals surface area contributed by atoms with Gasteiger partial charge in [-0.15, -0.1) is 0 Å². The molecule has 0 unspecified atom stereocenters. The van der Waals surface area contributed by atoms with Crippen LogP contribution in [0.4, 0.5) is 18.9 Å². The van der Waals surface area contributed by atoms with Gasteiger partial charge in [0, 0.05) is 22.7 Å². The van der Waals surface area contributed by atoms with Crippen LogP contribution in [0, 0.1) is 0 Å². The largest absolute Gasteiger partial charge is 0.508 e. The van der Waals surface area contributed by atoms with E-state index in [0.717, 1.165) is 0 Å². The third kappa shape index (κ3) is 4.09. The van der Waals surface area contributed by atoms with Crippen LogP contribution in [0.25, 0.3) is 0 Å². The zero-order chi connectivity index (χ0) is 14.6. The van der Waals surface area contributed by atoms with Crippen molar-refractivity contribution in [1.82, 2.24) is 0 Å². The number of rotatable bonds is 4. The molecular weight excluding hydrogens is 287 g/mol. The Hall–Kier alpha value is -1.82. The Balaban J connectivity index is 2.12. The smallest absolute Gasteiger partial charge is 0.446 e. The van der Waals surface area contributed by atoms with Crippen molar-refractivity contribution in [3.05, 3.63) is 54.1 Å². The van der Waals surface area contributed by atoms with Crippen molar-refractivity contribution in [1.29, 1.82) is 0 Å². The number of alkyl halides is 3. The summed E-state index contributed by atoms with van der Waals surface area (Å²) in [4.78, 5) is 0.107. The first-order chi connectivity index (χ1) is 9.46. The number of anilines is 1. The van der Waals surface area contributed by atoms with Gasteiger partial charge < -0.3 is 10.4 Å². The van der Waals surface area contributed by atoms with Gasteiger partial charge in [-0.2, -0.15) is 13.2 Å². The lowest BCUT2D eigenvalue weighted by molar-refractivity contribution is -0.0327. The summed E-state index contributed by atoms with van der Waals surface area (Å²) in [5.74, 6) is 0.112. The topological polar surface area (TPSA) is 32.3 Å². The molecule has 2 N–H and O–H groups in total. The number of para-hydroxylation sites is 2. The van der Waals surface area contributed by atoms with Crippen molar-refractivity contribution in [2.75, 3.05) is 5.32 Å². The molecular formula is C14H12F3NOS. The Bertz CT molecular complexity index is 587.